The molecule has 3 nitrogen and oxygen atoms in total. The first-order valence-electron chi connectivity index (χ1n) is 4.44. The molecule has 0 spiro atoms. The van der Waals surface area contributed by atoms with Gasteiger partial charge in [-0.25, -0.2) is 14.1 Å². The lowest BCUT2D eigenvalue weighted by Gasteiger charge is -2.06. The molecule has 0 unspecified atom stereocenters. The Morgan fingerprint density at radius 1 is 1.43 bits per heavy atom. The molecule has 0 fully saturated rings. The summed E-state index contributed by atoms with van der Waals surface area (Å²) >= 11 is 0. The van der Waals surface area contributed by atoms with Crippen molar-refractivity contribution in [1.29, 1.82) is 0 Å². The summed E-state index contributed by atoms with van der Waals surface area (Å²) in [4.78, 5) is 3.83. The van der Waals surface area contributed by atoms with E-state index in [1.165, 1.54) is 18.5 Å². The SMILES string of the molecule is CCc1ccc(F)cc1-n1cncn1. The van der Waals surface area contributed by atoms with Crippen molar-refractivity contribution < 1.29 is 4.39 Å². The second-order valence-electron chi connectivity index (χ2n) is 2.97. The summed E-state index contributed by atoms with van der Waals surface area (Å²) in [5.41, 5.74) is 1.81. The van der Waals surface area contributed by atoms with Crippen LogP contribution in [0.5, 0.6) is 0 Å². The Balaban J connectivity index is 2.55. The lowest BCUT2D eigenvalue weighted by Crippen LogP contribution is -2.00. The van der Waals surface area contributed by atoms with Gasteiger partial charge in [-0.3, -0.25) is 0 Å². The molecular weight excluding hydrogens is 181 g/mol. The lowest BCUT2D eigenvalue weighted by atomic mass is 10.1. The van der Waals surface area contributed by atoms with Crippen molar-refractivity contribution in [3.63, 3.8) is 0 Å². The minimum atomic E-state index is -0.257. The van der Waals surface area contributed by atoms with Crippen LogP contribution in [-0.2, 0) is 6.42 Å². The second-order valence-corrected chi connectivity index (χ2v) is 2.97. The van der Waals surface area contributed by atoms with Crippen LogP contribution < -0.4 is 0 Å². The van der Waals surface area contributed by atoms with Gasteiger partial charge in [0.2, 0.25) is 0 Å². The Bertz CT molecular complexity index is 423. The first-order chi connectivity index (χ1) is 6.81. The van der Waals surface area contributed by atoms with E-state index in [0.717, 1.165) is 17.7 Å². The highest BCUT2D eigenvalue weighted by atomic mass is 19.1. The van der Waals surface area contributed by atoms with Crippen LogP contribution in [0, 0.1) is 5.82 Å². The van der Waals surface area contributed by atoms with Crippen LogP contribution in [0.25, 0.3) is 5.69 Å². The Labute approximate surface area is 81.2 Å². The lowest BCUT2D eigenvalue weighted by molar-refractivity contribution is 0.624. The van der Waals surface area contributed by atoms with Gasteiger partial charge >= 0.3 is 0 Å². The molecule has 0 atom stereocenters. The van der Waals surface area contributed by atoms with E-state index in [4.69, 9.17) is 0 Å². The van der Waals surface area contributed by atoms with E-state index < -0.39 is 0 Å². The summed E-state index contributed by atoms with van der Waals surface area (Å²) in [6, 6.07) is 4.69. The molecule has 2 aromatic rings. The Kier molecular flexibility index (Phi) is 2.26. The number of aromatic nitrogens is 3. The van der Waals surface area contributed by atoms with Crippen LogP contribution in [0.1, 0.15) is 12.5 Å². The molecule has 4 heteroatoms. The van der Waals surface area contributed by atoms with Crippen molar-refractivity contribution in [3.8, 4) is 5.69 Å². The van der Waals surface area contributed by atoms with E-state index in [9.17, 15) is 4.39 Å². The standard InChI is InChI=1S/C10H10FN3/c1-2-8-3-4-9(11)5-10(8)14-7-12-6-13-14/h3-7H,2H2,1H3. The molecule has 0 saturated carbocycles. The maximum atomic E-state index is 13.0. The summed E-state index contributed by atoms with van der Waals surface area (Å²) in [6.07, 6.45) is 3.84. The van der Waals surface area contributed by atoms with Crippen LogP contribution in [0.3, 0.4) is 0 Å². The van der Waals surface area contributed by atoms with E-state index >= 15 is 0 Å². The van der Waals surface area contributed by atoms with E-state index in [0.29, 0.717) is 0 Å². The topological polar surface area (TPSA) is 30.7 Å². The molecule has 1 aromatic carbocycles. The number of nitrogens with zero attached hydrogens (tertiary/aromatic N) is 3. The Morgan fingerprint density at radius 3 is 2.93 bits per heavy atom. The Morgan fingerprint density at radius 2 is 2.29 bits per heavy atom. The molecule has 0 aliphatic heterocycles. The third kappa shape index (κ3) is 1.51. The molecule has 0 aliphatic carbocycles. The van der Waals surface area contributed by atoms with Gasteiger partial charge in [-0.2, -0.15) is 5.10 Å². The summed E-state index contributed by atoms with van der Waals surface area (Å²) in [6.45, 7) is 2.02. The average Bonchev–Trinajstić information content (AvgIpc) is 2.70. The molecule has 0 N–H and O–H groups in total. The maximum Gasteiger partial charge on any atom is 0.138 e. The van der Waals surface area contributed by atoms with Crippen molar-refractivity contribution in [2.24, 2.45) is 0 Å². The van der Waals surface area contributed by atoms with Gasteiger partial charge in [0.15, 0.2) is 0 Å². The highest BCUT2D eigenvalue weighted by Gasteiger charge is 2.04. The summed E-state index contributed by atoms with van der Waals surface area (Å²) in [5, 5.41) is 3.98. The smallest absolute Gasteiger partial charge is 0.138 e. The zero-order valence-corrected chi connectivity index (χ0v) is 7.81. The molecule has 14 heavy (non-hydrogen) atoms. The fourth-order valence-corrected chi connectivity index (χ4v) is 1.38. The number of benzene rings is 1. The Hall–Kier alpha value is -1.71. The molecule has 1 aromatic heterocycles. The third-order valence-electron chi connectivity index (χ3n) is 2.09. The average molecular weight is 191 g/mol. The van der Waals surface area contributed by atoms with Gasteiger partial charge in [-0.05, 0) is 24.1 Å². The van der Waals surface area contributed by atoms with Crippen LogP contribution in [-0.4, -0.2) is 14.8 Å². The number of hydrogen-bond acceptors (Lipinski definition) is 2. The number of halogens is 1. The van der Waals surface area contributed by atoms with Crippen molar-refractivity contribution in [2.45, 2.75) is 13.3 Å². The second kappa shape index (κ2) is 3.57. The number of aryl methyl sites for hydroxylation is 1. The zero-order valence-electron chi connectivity index (χ0n) is 7.81. The predicted molar refractivity (Wildman–Crippen MR) is 50.7 cm³/mol. The van der Waals surface area contributed by atoms with Crippen LogP contribution >= 0.6 is 0 Å². The van der Waals surface area contributed by atoms with Gasteiger partial charge in [0.05, 0.1) is 5.69 Å². The zero-order chi connectivity index (χ0) is 9.97. The van der Waals surface area contributed by atoms with E-state index in [2.05, 4.69) is 10.1 Å². The van der Waals surface area contributed by atoms with Crippen molar-refractivity contribution in [3.05, 3.63) is 42.2 Å². The minimum Gasteiger partial charge on any atom is -0.223 e. The van der Waals surface area contributed by atoms with Gasteiger partial charge in [-0.1, -0.05) is 13.0 Å². The monoisotopic (exact) mass is 191 g/mol. The number of hydrogen-bond donors (Lipinski definition) is 0. The van der Waals surface area contributed by atoms with Gasteiger partial charge in [0.1, 0.15) is 18.5 Å². The molecule has 1 heterocycles. The summed E-state index contributed by atoms with van der Waals surface area (Å²) < 4.78 is 14.6. The van der Waals surface area contributed by atoms with E-state index in [1.807, 2.05) is 6.92 Å². The normalized spacial score (nSPS) is 10.4. The predicted octanol–water partition coefficient (Wildman–Crippen LogP) is 1.97. The molecule has 72 valence electrons. The van der Waals surface area contributed by atoms with E-state index in [-0.39, 0.29) is 5.82 Å². The molecule has 0 saturated heterocycles. The molecule has 0 aliphatic rings. The van der Waals surface area contributed by atoms with Crippen molar-refractivity contribution in [1.82, 2.24) is 14.8 Å². The van der Waals surface area contributed by atoms with Crippen LogP contribution in [0.15, 0.2) is 30.9 Å². The third-order valence-corrected chi connectivity index (χ3v) is 2.09. The van der Waals surface area contributed by atoms with Crippen molar-refractivity contribution >= 4 is 0 Å². The van der Waals surface area contributed by atoms with Gasteiger partial charge < -0.3 is 0 Å². The van der Waals surface area contributed by atoms with Gasteiger partial charge in [0.25, 0.3) is 0 Å². The highest BCUT2D eigenvalue weighted by Crippen LogP contribution is 2.15. The maximum absolute atomic E-state index is 13.0. The molecule has 2 rings (SSSR count). The van der Waals surface area contributed by atoms with E-state index in [1.54, 1.807) is 17.1 Å². The van der Waals surface area contributed by atoms with Crippen LogP contribution in [0.2, 0.25) is 0 Å². The first kappa shape index (κ1) is 8.87. The highest BCUT2D eigenvalue weighted by molar-refractivity contribution is 5.40. The molecule has 0 bridgehead atoms. The molecule has 0 radical (unpaired) electrons. The summed E-state index contributed by atoms with van der Waals surface area (Å²) in [7, 11) is 0. The van der Waals surface area contributed by atoms with Crippen molar-refractivity contribution in [2.75, 3.05) is 0 Å². The largest absolute Gasteiger partial charge is 0.223 e. The fraction of sp³-hybridized carbons (Fsp3) is 0.200. The first-order valence-corrected chi connectivity index (χ1v) is 4.44. The summed E-state index contributed by atoms with van der Waals surface area (Å²) in [5.74, 6) is -0.257. The van der Waals surface area contributed by atoms with Gasteiger partial charge in [-0.15, -0.1) is 0 Å². The minimum absolute atomic E-state index is 0.257. The molecular formula is C10H10FN3. The van der Waals surface area contributed by atoms with Crippen LogP contribution in [0.4, 0.5) is 4.39 Å². The molecule has 0 amide bonds. The fourth-order valence-electron chi connectivity index (χ4n) is 1.38. The number of rotatable bonds is 2. The quantitative estimate of drug-likeness (QED) is 0.726. The van der Waals surface area contributed by atoms with Gasteiger partial charge in [0, 0.05) is 0 Å².